The second-order valence-electron chi connectivity index (χ2n) is 3.94. The lowest BCUT2D eigenvalue weighted by molar-refractivity contribution is -0.136. The number of para-hydroxylation sites is 1. The predicted molar refractivity (Wildman–Crippen MR) is 65.5 cm³/mol. The molecule has 6 heteroatoms. The van der Waals surface area contributed by atoms with Crippen molar-refractivity contribution in [3.05, 3.63) is 53.8 Å². The summed E-state index contributed by atoms with van der Waals surface area (Å²) in [5.41, 5.74) is 4.75. The molecule has 0 fully saturated rings. The fourth-order valence-corrected chi connectivity index (χ4v) is 1.68. The van der Waals surface area contributed by atoms with E-state index in [9.17, 15) is 17.6 Å². The topological polar surface area (TPSA) is 38.0 Å². The van der Waals surface area contributed by atoms with Crippen LogP contribution >= 0.6 is 0 Å². The van der Waals surface area contributed by atoms with Gasteiger partial charge in [-0.15, -0.1) is 0 Å². The normalized spacial score (nSPS) is 11.4. The zero-order valence-electron chi connectivity index (χ0n) is 9.63. The number of hydrogen-bond acceptors (Lipinski definition) is 2. The van der Waals surface area contributed by atoms with Crippen LogP contribution in [0.25, 0.3) is 0 Å². The summed E-state index contributed by atoms with van der Waals surface area (Å²) in [4.78, 5) is 0. The Morgan fingerprint density at radius 1 is 1.00 bits per heavy atom. The third kappa shape index (κ3) is 3.15. The number of hydrogen-bond donors (Lipinski definition) is 2. The van der Waals surface area contributed by atoms with Gasteiger partial charge in [0.25, 0.3) is 0 Å². The van der Waals surface area contributed by atoms with Crippen molar-refractivity contribution in [2.45, 2.75) is 6.18 Å². The van der Waals surface area contributed by atoms with Crippen LogP contribution in [0.1, 0.15) is 5.56 Å². The summed E-state index contributed by atoms with van der Waals surface area (Å²) in [6.45, 7) is 0. The highest BCUT2D eigenvalue weighted by Gasteiger charge is 2.33. The standard InChI is InChI=1S/C13H10F4N2/c14-8-5-9(18)7-10(6-8)19-12-4-2-1-3-11(12)13(15,16)17/h1-7,19H,18H2. The minimum Gasteiger partial charge on any atom is -0.399 e. The number of anilines is 3. The predicted octanol–water partition coefficient (Wildman–Crippen LogP) is 4.17. The van der Waals surface area contributed by atoms with Crippen LogP contribution in [0, 0.1) is 5.82 Å². The Morgan fingerprint density at radius 2 is 1.68 bits per heavy atom. The summed E-state index contributed by atoms with van der Waals surface area (Å²) >= 11 is 0. The van der Waals surface area contributed by atoms with Crippen molar-refractivity contribution in [3.8, 4) is 0 Å². The van der Waals surface area contributed by atoms with Gasteiger partial charge < -0.3 is 11.1 Å². The molecule has 0 aliphatic carbocycles. The fourth-order valence-electron chi connectivity index (χ4n) is 1.68. The molecule has 0 unspecified atom stereocenters. The van der Waals surface area contributed by atoms with E-state index in [-0.39, 0.29) is 17.1 Å². The summed E-state index contributed by atoms with van der Waals surface area (Å²) in [5, 5.41) is 2.52. The maximum absolute atomic E-state index is 13.1. The van der Waals surface area contributed by atoms with Crippen LogP contribution in [0.5, 0.6) is 0 Å². The van der Waals surface area contributed by atoms with Crippen LogP contribution < -0.4 is 11.1 Å². The third-order valence-electron chi connectivity index (χ3n) is 2.43. The van der Waals surface area contributed by atoms with Crippen molar-refractivity contribution in [1.29, 1.82) is 0 Å². The molecule has 2 aromatic carbocycles. The van der Waals surface area contributed by atoms with Crippen LogP contribution in [0.3, 0.4) is 0 Å². The molecule has 0 spiro atoms. The number of benzene rings is 2. The Bertz CT molecular complexity index is 573. The highest BCUT2D eigenvalue weighted by Crippen LogP contribution is 2.36. The average molecular weight is 270 g/mol. The first kappa shape index (κ1) is 13.2. The van der Waals surface area contributed by atoms with E-state index in [1.807, 2.05) is 0 Å². The van der Waals surface area contributed by atoms with Gasteiger partial charge in [-0.25, -0.2) is 4.39 Å². The maximum atomic E-state index is 13.1. The van der Waals surface area contributed by atoms with Crippen LogP contribution in [0.2, 0.25) is 0 Å². The molecule has 0 radical (unpaired) electrons. The first-order valence-corrected chi connectivity index (χ1v) is 5.35. The molecule has 2 rings (SSSR count). The summed E-state index contributed by atoms with van der Waals surface area (Å²) in [7, 11) is 0. The molecule has 2 nitrogen and oxygen atoms in total. The van der Waals surface area contributed by atoms with Gasteiger partial charge in [0.05, 0.1) is 11.3 Å². The molecule has 0 bridgehead atoms. The molecule has 0 aliphatic rings. The zero-order valence-corrected chi connectivity index (χ0v) is 9.63. The SMILES string of the molecule is Nc1cc(F)cc(Nc2ccccc2C(F)(F)F)c1. The van der Waals surface area contributed by atoms with Crippen molar-refractivity contribution < 1.29 is 17.6 Å². The van der Waals surface area contributed by atoms with E-state index in [0.29, 0.717) is 0 Å². The molecule has 3 N–H and O–H groups in total. The Labute approximate surface area is 106 Å². The summed E-state index contributed by atoms with van der Waals surface area (Å²) in [6.07, 6.45) is -4.48. The van der Waals surface area contributed by atoms with Crippen LogP contribution in [-0.2, 0) is 6.18 Å². The van der Waals surface area contributed by atoms with E-state index in [2.05, 4.69) is 5.32 Å². The number of alkyl halides is 3. The minimum atomic E-state index is -4.48. The molecule has 0 amide bonds. The lowest BCUT2D eigenvalue weighted by atomic mass is 10.1. The summed E-state index contributed by atoms with van der Waals surface area (Å²) in [6, 6.07) is 8.48. The third-order valence-corrected chi connectivity index (χ3v) is 2.43. The van der Waals surface area contributed by atoms with E-state index >= 15 is 0 Å². The van der Waals surface area contributed by atoms with Crippen LogP contribution in [0.15, 0.2) is 42.5 Å². The minimum absolute atomic E-state index is 0.131. The molecule has 19 heavy (non-hydrogen) atoms. The average Bonchev–Trinajstić information content (AvgIpc) is 2.26. The zero-order chi connectivity index (χ0) is 14.0. The van der Waals surface area contributed by atoms with Gasteiger partial charge in [-0.05, 0) is 30.3 Å². The second-order valence-corrected chi connectivity index (χ2v) is 3.94. The number of rotatable bonds is 2. The van der Waals surface area contributed by atoms with Crippen molar-refractivity contribution in [1.82, 2.24) is 0 Å². The Kier molecular flexibility index (Phi) is 3.33. The molecule has 0 heterocycles. The van der Waals surface area contributed by atoms with E-state index in [1.165, 1.54) is 24.3 Å². The smallest absolute Gasteiger partial charge is 0.399 e. The van der Waals surface area contributed by atoms with Crippen LogP contribution in [-0.4, -0.2) is 0 Å². The molecule has 100 valence electrons. The Balaban J connectivity index is 2.38. The Morgan fingerprint density at radius 3 is 2.32 bits per heavy atom. The molecule has 0 aliphatic heterocycles. The van der Waals surface area contributed by atoms with E-state index in [0.717, 1.165) is 18.2 Å². The monoisotopic (exact) mass is 270 g/mol. The maximum Gasteiger partial charge on any atom is 0.418 e. The summed E-state index contributed by atoms with van der Waals surface area (Å²) < 4.78 is 51.4. The van der Waals surface area contributed by atoms with Crippen molar-refractivity contribution in [3.63, 3.8) is 0 Å². The van der Waals surface area contributed by atoms with Gasteiger partial charge in [0.1, 0.15) is 5.82 Å². The first-order valence-electron chi connectivity index (χ1n) is 5.35. The largest absolute Gasteiger partial charge is 0.418 e. The highest BCUT2D eigenvalue weighted by molar-refractivity contribution is 5.66. The number of nitrogens with one attached hydrogen (secondary N) is 1. The lowest BCUT2D eigenvalue weighted by Gasteiger charge is -2.14. The molecular weight excluding hydrogens is 260 g/mol. The van der Waals surface area contributed by atoms with Gasteiger partial charge >= 0.3 is 6.18 Å². The van der Waals surface area contributed by atoms with Gasteiger partial charge in [-0.2, -0.15) is 13.2 Å². The van der Waals surface area contributed by atoms with Crippen molar-refractivity contribution >= 4 is 17.1 Å². The van der Waals surface area contributed by atoms with Crippen molar-refractivity contribution in [2.75, 3.05) is 11.1 Å². The molecule has 2 aromatic rings. The second kappa shape index (κ2) is 4.79. The summed E-state index contributed by atoms with van der Waals surface area (Å²) in [5.74, 6) is -0.619. The van der Waals surface area contributed by atoms with Gasteiger partial charge in [0.15, 0.2) is 0 Å². The number of nitrogens with two attached hydrogens (primary N) is 1. The van der Waals surface area contributed by atoms with E-state index < -0.39 is 17.6 Å². The highest BCUT2D eigenvalue weighted by atomic mass is 19.4. The lowest BCUT2D eigenvalue weighted by Crippen LogP contribution is -2.08. The van der Waals surface area contributed by atoms with Gasteiger partial charge in [0.2, 0.25) is 0 Å². The van der Waals surface area contributed by atoms with E-state index in [1.54, 1.807) is 0 Å². The molecule has 0 saturated heterocycles. The van der Waals surface area contributed by atoms with Crippen molar-refractivity contribution in [2.24, 2.45) is 0 Å². The Hall–Kier alpha value is -2.24. The number of halogens is 4. The molecular formula is C13H10F4N2. The fraction of sp³-hybridized carbons (Fsp3) is 0.0769. The quantitative estimate of drug-likeness (QED) is 0.635. The van der Waals surface area contributed by atoms with Gasteiger partial charge in [-0.3, -0.25) is 0 Å². The molecule has 0 aromatic heterocycles. The first-order chi connectivity index (χ1) is 8.86. The number of nitrogen functional groups attached to an aromatic ring is 1. The van der Waals surface area contributed by atoms with E-state index in [4.69, 9.17) is 5.73 Å². The van der Waals surface area contributed by atoms with Gasteiger partial charge in [-0.1, -0.05) is 12.1 Å². The van der Waals surface area contributed by atoms with Gasteiger partial charge in [0, 0.05) is 11.4 Å². The molecule has 0 saturated carbocycles. The molecule has 0 atom stereocenters. The van der Waals surface area contributed by atoms with Crippen LogP contribution in [0.4, 0.5) is 34.6 Å².